The number of hydrogen-bond acceptors (Lipinski definition) is 2. The molecule has 0 aliphatic carbocycles. The van der Waals surface area contributed by atoms with Crippen molar-refractivity contribution in [2.45, 2.75) is 19.4 Å². The highest BCUT2D eigenvalue weighted by Gasteiger charge is 2.42. The third-order valence-electron chi connectivity index (χ3n) is 2.62. The maximum absolute atomic E-state index is 11.8. The average molecular weight is 219 g/mol. The molecular formula is C9H15ClN2O2. The summed E-state index contributed by atoms with van der Waals surface area (Å²) in [5.41, 5.74) is -0.765. The van der Waals surface area contributed by atoms with Crippen LogP contribution >= 0.6 is 11.6 Å². The van der Waals surface area contributed by atoms with Gasteiger partial charge in [0.15, 0.2) is 0 Å². The zero-order chi connectivity index (χ0) is 10.9. The van der Waals surface area contributed by atoms with E-state index in [2.05, 4.69) is 0 Å². The Kier molecular flexibility index (Phi) is 3.04. The molecule has 0 aromatic rings. The second-order valence-corrected chi connectivity index (χ2v) is 4.23. The van der Waals surface area contributed by atoms with Gasteiger partial charge < -0.3 is 9.80 Å². The number of carbonyl (C=O) groups is 2. The molecule has 80 valence electrons. The molecule has 1 fully saturated rings. The van der Waals surface area contributed by atoms with E-state index in [1.807, 2.05) is 0 Å². The molecule has 0 N–H and O–H groups in total. The van der Waals surface area contributed by atoms with Crippen molar-refractivity contribution in [3.05, 3.63) is 0 Å². The van der Waals surface area contributed by atoms with Crippen LogP contribution in [0.5, 0.6) is 0 Å². The van der Waals surface area contributed by atoms with Crippen molar-refractivity contribution in [2.24, 2.45) is 0 Å². The number of nitrogens with zero attached hydrogens (tertiary/aromatic N) is 2. The van der Waals surface area contributed by atoms with Crippen LogP contribution in [0, 0.1) is 0 Å². The Morgan fingerprint density at radius 1 is 1.50 bits per heavy atom. The summed E-state index contributed by atoms with van der Waals surface area (Å²) in [4.78, 5) is 26.4. The predicted molar refractivity (Wildman–Crippen MR) is 54.1 cm³/mol. The lowest BCUT2D eigenvalue weighted by Crippen LogP contribution is -2.63. The summed E-state index contributed by atoms with van der Waals surface area (Å²) in [6.45, 7) is 4.62. The first-order valence-corrected chi connectivity index (χ1v) is 5.06. The van der Waals surface area contributed by atoms with E-state index in [1.165, 1.54) is 0 Å². The van der Waals surface area contributed by atoms with Gasteiger partial charge >= 0.3 is 0 Å². The van der Waals surface area contributed by atoms with E-state index in [0.717, 1.165) is 0 Å². The molecule has 1 heterocycles. The van der Waals surface area contributed by atoms with Crippen LogP contribution in [0.3, 0.4) is 0 Å². The van der Waals surface area contributed by atoms with E-state index in [4.69, 9.17) is 11.6 Å². The van der Waals surface area contributed by atoms with E-state index in [9.17, 15) is 9.59 Å². The highest BCUT2D eigenvalue weighted by atomic mass is 35.5. The first kappa shape index (κ1) is 11.3. The molecule has 0 unspecified atom stereocenters. The molecule has 0 atom stereocenters. The molecule has 0 radical (unpaired) electrons. The molecule has 4 nitrogen and oxygen atoms in total. The second kappa shape index (κ2) is 3.77. The number of amides is 2. The molecule has 0 aromatic heterocycles. The van der Waals surface area contributed by atoms with Crippen LogP contribution in [0.1, 0.15) is 13.8 Å². The fourth-order valence-corrected chi connectivity index (χ4v) is 1.87. The second-order valence-electron chi connectivity index (χ2n) is 3.96. The molecule has 2 amide bonds. The SMILES string of the molecule is CN1CCN(C(=O)CCl)C(C)(C)C1=O. The van der Waals surface area contributed by atoms with E-state index in [0.29, 0.717) is 13.1 Å². The van der Waals surface area contributed by atoms with E-state index >= 15 is 0 Å². The zero-order valence-corrected chi connectivity index (χ0v) is 9.47. The van der Waals surface area contributed by atoms with Gasteiger partial charge in [0, 0.05) is 20.1 Å². The summed E-state index contributed by atoms with van der Waals surface area (Å²) in [7, 11) is 1.74. The molecule has 0 aromatic carbocycles. The van der Waals surface area contributed by atoms with E-state index < -0.39 is 5.54 Å². The molecule has 1 aliphatic heterocycles. The van der Waals surface area contributed by atoms with Crippen molar-refractivity contribution in [1.82, 2.24) is 9.80 Å². The van der Waals surface area contributed by atoms with Crippen molar-refractivity contribution >= 4 is 23.4 Å². The highest BCUT2D eigenvalue weighted by molar-refractivity contribution is 6.27. The third-order valence-corrected chi connectivity index (χ3v) is 2.85. The molecule has 1 saturated heterocycles. The summed E-state index contributed by atoms with van der Waals surface area (Å²) in [5.74, 6) is -0.291. The minimum absolute atomic E-state index is 0.0396. The summed E-state index contributed by atoms with van der Waals surface area (Å²) in [5, 5.41) is 0. The lowest BCUT2D eigenvalue weighted by molar-refractivity contribution is -0.155. The highest BCUT2D eigenvalue weighted by Crippen LogP contribution is 2.21. The van der Waals surface area contributed by atoms with Gasteiger partial charge in [0.05, 0.1) is 0 Å². The number of halogens is 1. The molecule has 1 aliphatic rings. The van der Waals surface area contributed by atoms with Gasteiger partial charge in [0.2, 0.25) is 11.8 Å². The Bertz CT molecular complexity index is 266. The van der Waals surface area contributed by atoms with Crippen molar-refractivity contribution < 1.29 is 9.59 Å². The quantitative estimate of drug-likeness (QED) is 0.595. The van der Waals surface area contributed by atoms with Gasteiger partial charge in [-0.1, -0.05) is 0 Å². The Labute approximate surface area is 88.8 Å². The van der Waals surface area contributed by atoms with Gasteiger partial charge in [0.25, 0.3) is 0 Å². The standard InChI is InChI=1S/C9H15ClN2O2/c1-9(2)8(14)11(3)4-5-12(9)7(13)6-10/h4-6H2,1-3H3. The number of likely N-dealkylation sites (N-methyl/N-ethyl adjacent to an activating group) is 1. The topological polar surface area (TPSA) is 40.6 Å². The maximum Gasteiger partial charge on any atom is 0.247 e. The summed E-state index contributed by atoms with van der Waals surface area (Å²) in [6, 6.07) is 0. The van der Waals surface area contributed by atoms with Gasteiger partial charge in [-0.05, 0) is 13.8 Å². The van der Waals surface area contributed by atoms with Gasteiger partial charge in [-0.25, -0.2) is 0 Å². The van der Waals surface area contributed by atoms with Crippen LogP contribution in [-0.2, 0) is 9.59 Å². The Morgan fingerprint density at radius 2 is 2.07 bits per heavy atom. The van der Waals surface area contributed by atoms with Gasteiger partial charge in [0.1, 0.15) is 11.4 Å². The van der Waals surface area contributed by atoms with Crippen LogP contribution in [0.4, 0.5) is 0 Å². The molecule has 14 heavy (non-hydrogen) atoms. The van der Waals surface area contributed by atoms with E-state index in [1.54, 1.807) is 30.7 Å². The normalized spacial score (nSPS) is 21.3. The summed E-state index contributed by atoms with van der Waals surface area (Å²) in [6.07, 6.45) is 0. The van der Waals surface area contributed by atoms with Crippen molar-refractivity contribution in [3.8, 4) is 0 Å². The molecule has 0 spiro atoms. The average Bonchev–Trinajstić information content (AvgIpc) is 2.13. The van der Waals surface area contributed by atoms with Crippen LogP contribution < -0.4 is 0 Å². The van der Waals surface area contributed by atoms with Gasteiger partial charge in [-0.3, -0.25) is 9.59 Å². The number of rotatable bonds is 1. The molecule has 1 rings (SSSR count). The number of carbonyl (C=O) groups excluding carboxylic acids is 2. The third kappa shape index (κ3) is 1.71. The van der Waals surface area contributed by atoms with Gasteiger partial charge in [-0.2, -0.15) is 0 Å². The fraction of sp³-hybridized carbons (Fsp3) is 0.778. The summed E-state index contributed by atoms with van der Waals surface area (Å²) >= 11 is 5.48. The van der Waals surface area contributed by atoms with Crippen LogP contribution in [0.2, 0.25) is 0 Å². The first-order chi connectivity index (χ1) is 6.41. The van der Waals surface area contributed by atoms with Crippen molar-refractivity contribution in [2.75, 3.05) is 26.0 Å². The van der Waals surface area contributed by atoms with Crippen molar-refractivity contribution in [3.63, 3.8) is 0 Å². The maximum atomic E-state index is 11.8. The lowest BCUT2D eigenvalue weighted by atomic mass is 9.98. The van der Waals surface area contributed by atoms with Crippen molar-refractivity contribution in [1.29, 1.82) is 0 Å². The molecular weight excluding hydrogens is 204 g/mol. The minimum Gasteiger partial charge on any atom is -0.342 e. The number of hydrogen-bond donors (Lipinski definition) is 0. The fourth-order valence-electron chi connectivity index (χ4n) is 1.72. The van der Waals surface area contributed by atoms with Crippen LogP contribution in [-0.4, -0.2) is 53.2 Å². The lowest BCUT2D eigenvalue weighted by Gasteiger charge is -2.44. The van der Waals surface area contributed by atoms with E-state index in [-0.39, 0.29) is 17.7 Å². The van der Waals surface area contributed by atoms with Gasteiger partial charge in [-0.15, -0.1) is 11.6 Å². The predicted octanol–water partition coefficient (Wildman–Crippen LogP) is 0.304. The molecule has 5 heteroatoms. The monoisotopic (exact) mass is 218 g/mol. The van der Waals surface area contributed by atoms with Crippen LogP contribution in [0.25, 0.3) is 0 Å². The molecule has 0 saturated carbocycles. The first-order valence-electron chi connectivity index (χ1n) is 4.53. The zero-order valence-electron chi connectivity index (χ0n) is 8.71. The largest absolute Gasteiger partial charge is 0.342 e. The minimum atomic E-state index is -0.765. The van der Waals surface area contributed by atoms with Crippen LogP contribution in [0.15, 0.2) is 0 Å². The summed E-state index contributed by atoms with van der Waals surface area (Å²) < 4.78 is 0. The number of alkyl halides is 1. The Balaban J connectivity index is 2.89. The smallest absolute Gasteiger partial charge is 0.247 e. The molecule has 0 bridgehead atoms. The Hall–Kier alpha value is -0.770. The number of piperazine rings is 1. The Morgan fingerprint density at radius 3 is 2.57 bits per heavy atom.